The average Bonchev–Trinajstić information content (AvgIpc) is 2.67. The van der Waals surface area contributed by atoms with Gasteiger partial charge in [0.15, 0.2) is 0 Å². The second-order valence-corrected chi connectivity index (χ2v) is 7.61. The van der Waals surface area contributed by atoms with Gasteiger partial charge < -0.3 is 9.47 Å². The topological polar surface area (TPSA) is 55.8 Å². The van der Waals surface area contributed by atoms with Crippen molar-refractivity contribution in [2.24, 2.45) is 5.92 Å². The maximum absolute atomic E-state index is 12.4. The van der Waals surface area contributed by atoms with Crippen molar-refractivity contribution in [1.82, 2.24) is 4.90 Å². The van der Waals surface area contributed by atoms with E-state index in [1.165, 1.54) is 4.90 Å². The molecule has 1 rings (SSSR count). The second-order valence-electron chi connectivity index (χ2n) is 7.61. The van der Waals surface area contributed by atoms with E-state index in [9.17, 15) is 9.59 Å². The molecule has 0 aromatic heterocycles. The van der Waals surface area contributed by atoms with Crippen LogP contribution in [0.3, 0.4) is 0 Å². The molecule has 0 N–H and O–H groups in total. The molecule has 1 aliphatic heterocycles. The Morgan fingerprint density at radius 1 is 1.05 bits per heavy atom. The molecule has 1 amide bonds. The summed E-state index contributed by atoms with van der Waals surface area (Å²) < 4.78 is 10.9. The molecule has 5 heteroatoms. The first-order valence-electron chi connectivity index (χ1n) is 7.67. The van der Waals surface area contributed by atoms with Crippen molar-refractivity contribution in [2.75, 3.05) is 6.54 Å². The molecule has 0 saturated carbocycles. The van der Waals surface area contributed by atoms with Crippen molar-refractivity contribution in [3.63, 3.8) is 0 Å². The number of esters is 1. The first-order valence-corrected chi connectivity index (χ1v) is 7.67. The highest BCUT2D eigenvalue weighted by Gasteiger charge is 2.44. The first kappa shape index (κ1) is 17.8. The molecule has 0 bridgehead atoms. The van der Waals surface area contributed by atoms with Crippen molar-refractivity contribution in [1.29, 1.82) is 0 Å². The van der Waals surface area contributed by atoms with Crippen LogP contribution in [-0.4, -0.2) is 40.8 Å². The molecule has 0 spiro atoms. The number of amides is 1. The van der Waals surface area contributed by atoms with Gasteiger partial charge in [-0.2, -0.15) is 0 Å². The average molecular weight is 299 g/mol. The zero-order valence-corrected chi connectivity index (χ0v) is 14.4. The number of hydrogen-bond acceptors (Lipinski definition) is 4. The number of carbonyl (C=O) groups excluding carboxylic acids is 2. The summed E-state index contributed by atoms with van der Waals surface area (Å²) in [6.07, 6.45) is 1.21. The van der Waals surface area contributed by atoms with Gasteiger partial charge in [-0.3, -0.25) is 4.90 Å². The van der Waals surface area contributed by atoms with Crippen molar-refractivity contribution in [3.8, 4) is 0 Å². The lowest BCUT2D eigenvalue weighted by molar-refractivity contribution is -0.161. The molecular weight excluding hydrogens is 270 g/mol. The van der Waals surface area contributed by atoms with E-state index < -0.39 is 23.3 Å². The normalized spacial score (nSPS) is 23.1. The third kappa shape index (κ3) is 5.21. The largest absolute Gasteiger partial charge is 0.458 e. The minimum atomic E-state index is -0.570. The van der Waals surface area contributed by atoms with Crippen LogP contribution in [0.4, 0.5) is 4.79 Å². The van der Waals surface area contributed by atoms with Gasteiger partial charge in [0.2, 0.25) is 0 Å². The molecule has 21 heavy (non-hydrogen) atoms. The highest BCUT2D eigenvalue weighted by molar-refractivity contribution is 5.83. The van der Waals surface area contributed by atoms with E-state index >= 15 is 0 Å². The predicted molar refractivity (Wildman–Crippen MR) is 81.0 cm³/mol. The summed E-state index contributed by atoms with van der Waals surface area (Å²) >= 11 is 0. The van der Waals surface area contributed by atoms with Crippen LogP contribution in [0.25, 0.3) is 0 Å². The fraction of sp³-hybridized carbons (Fsp3) is 0.875. The van der Waals surface area contributed by atoms with Gasteiger partial charge in [-0.1, -0.05) is 13.3 Å². The van der Waals surface area contributed by atoms with E-state index in [1.807, 2.05) is 48.5 Å². The summed E-state index contributed by atoms with van der Waals surface area (Å²) in [6.45, 7) is 13.5. The van der Waals surface area contributed by atoms with Crippen LogP contribution >= 0.6 is 0 Å². The smallest absolute Gasteiger partial charge is 0.411 e. The monoisotopic (exact) mass is 299 g/mol. The molecule has 5 nitrogen and oxygen atoms in total. The van der Waals surface area contributed by atoms with Crippen molar-refractivity contribution >= 4 is 12.1 Å². The summed E-state index contributed by atoms with van der Waals surface area (Å²) in [5.74, 6) is -0.204. The van der Waals surface area contributed by atoms with E-state index in [1.54, 1.807) is 0 Å². The molecule has 0 aromatic rings. The minimum absolute atomic E-state index is 0.132. The van der Waals surface area contributed by atoms with Gasteiger partial charge in [-0.05, 0) is 53.9 Å². The number of ether oxygens (including phenoxy) is 2. The van der Waals surface area contributed by atoms with E-state index in [4.69, 9.17) is 9.47 Å². The van der Waals surface area contributed by atoms with Crippen LogP contribution in [0.2, 0.25) is 0 Å². The predicted octanol–water partition coefficient (Wildman–Crippen LogP) is 3.36. The Labute approximate surface area is 128 Å². The molecule has 1 saturated heterocycles. The molecule has 1 aliphatic rings. The Bertz CT molecular complexity index is 392. The maximum atomic E-state index is 12.4. The van der Waals surface area contributed by atoms with Gasteiger partial charge in [0.05, 0.1) is 0 Å². The number of rotatable bonds is 2. The van der Waals surface area contributed by atoms with Crippen LogP contribution < -0.4 is 0 Å². The van der Waals surface area contributed by atoms with E-state index in [-0.39, 0.29) is 11.9 Å². The summed E-state index contributed by atoms with van der Waals surface area (Å²) in [7, 11) is 0. The quantitative estimate of drug-likeness (QED) is 0.734. The third-order valence-corrected chi connectivity index (χ3v) is 3.32. The van der Waals surface area contributed by atoms with Crippen LogP contribution in [0.5, 0.6) is 0 Å². The summed E-state index contributed by atoms with van der Waals surface area (Å²) in [6, 6.07) is -0.538. The van der Waals surface area contributed by atoms with Gasteiger partial charge in [-0.25, -0.2) is 9.59 Å². The number of carbonyl (C=O) groups is 2. The van der Waals surface area contributed by atoms with Crippen molar-refractivity contribution in [2.45, 2.75) is 78.6 Å². The second kappa shape index (κ2) is 6.24. The Morgan fingerprint density at radius 3 is 2.00 bits per heavy atom. The lowest BCUT2D eigenvalue weighted by atomic mass is 9.97. The highest BCUT2D eigenvalue weighted by atomic mass is 16.6. The van der Waals surface area contributed by atoms with Crippen LogP contribution in [0, 0.1) is 5.92 Å². The molecule has 0 aliphatic carbocycles. The van der Waals surface area contributed by atoms with Gasteiger partial charge >= 0.3 is 12.1 Å². The third-order valence-electron chi connectivity index (χ3n) is 3.32. The molecule has 0 radical (unpaired) electrons. The minimum Gasteiger partial charge on any atom is -0.458 e. The summed E-state index contributed by atoms with van der Waals surface area (Å²) in [5.41, 5.74) is -1.13. The fourth-order valence-corrected chi connectivity index (χ4v) is 2.49. The number of likely N-dealkylation sites (tertiary alicyclic amines) is 1. The molecule has 2 atom stereocenters. The molecule has 122 valence electrons. The van der Waals surface area contributed by atoms with Crippen LogP contribution in [0.1, 0.15) is 61.3 Å². The summed E-state index contributed by atoms with van der Waals surface area (Å²) in [5, 5.41) is 0. The molecule has 1 fully saturated rings. The zero-order chi connectivity index (χ0) is 16.4. The molecule has 1 heterocycles. The molecule has 0 unspecified atom stereocenters. The van der Waals surface area contributed by atoms with Crippen molar-refractivity contribution < 1.29 is 19.1 Å². The number of hydrogen-bond donors (Lipinski definition) is 0. The Hall–Kier alpha value is -1.26. The maximum Gasteiger partial charge on any atom is 0.411 e. The van der Waals surface area contributed by atoms with Crippen LogP contribution in [-0.2, 0) is 14.3 Å². The number of nitrogens with zero attached hydrogens (tertiary/aromatic N) is 1. The Morgan fingerprint density at radius 2 is 1.57 bits per heavy atom. The first-order chi connectivity index (χ1) is 9.44. The Balaban J connectivity index is 2.88. The van der Waals surface area contributed by atoms with E-state index in [0.29, 0.717) is 6.54 Å². The standard InChI is InChI=1S/C16H29NO4/c1-8-11-9-10-17(14(19)21-16(5,6)7)12(11)13(18)20-15(2,3)4/h11-12H,8-10H2,1-7H3/t11-,12+/m1/s1. The Kier molecular flexibility index (Phi) is 5.29. The lowest BCUT2D eigenvalue weighted by Gasteiger charge is -2.31. The molecule has 0 aromatic carbocycles. The van der Waals surface area contributed by atoms with Gasteiger partial charge in [0, 0.05) is 6.54 Å². The van der Waals surface area contributed by atoms with Crippen LogP contribution in [0.15, 0.2) is 0 Å². The molecular formula is C16H29NO4. The van der Waals surface area contributed by atoms with Gasteiger partial charge in [0.1, 0.15) is 17.2 Å². The van der Waals surface area contributed by atoms with E-state index in [2.05, 4.69) is 0 Å². The van der Waals surface area contributed by atoms with Gasteiger partial charge in [-0.15, -0.1) is 0 Å². The summed E-state index contributed by atoms with van der Waals surface area (Å²) in [4.78, 5) is 26.3. The lowest BCUT2D eigenvalue weighted by Crippen LogP contribution is -2.47. The highest BCUT2D eigenvalue weighted by Crippen LogP contribution is 2.30. The SMILES string of the molecule is CC[C@@H]1CCN(C(=O)OC(C)(C)C)[C@@H]1C(=O)OC(C)(C)C. The zero-order valence-electron chi connectivity index (χ0n) is 14.4. The van der Waals surface area contributed by atoms with Crippen molar-refractivity contribution in [3.05, 3.63) is 0 Å². The van der Waals surface area contributed by atoms with Gasteiger partial charge in [0.25, 0.3) is 0 Å². The van der Waals surface area contributed by atoms with E-state index in [0.717, 1.165) is 12.8 Å². The fourth-order valence-electron chi connectivity index (χ4n) is 2.49.